The number of hydrogen-bond acceptors (Lipinski definition) is 8. The van der Waals surface area contributed by atoms with Crippen LogP contribution in [0.4, 0.5) is 0 Å². The summed E-state index contributed by atoms with van der Waals surface area (Å²) in [5, 5.41) is 10.7. The first-order chi connectivity index (χ1) is 23.9. The molecule has 0 amide bonds. The number of likely N-dealkylation sites (N-methyl/N-ethyl adjacent to an activating group) is 2. The second-order valence-electron chi connectivity index (χ2n) is 14.1. The molecule has 5 aliphatic rings. The monoisotopic (exact) mass is 662 g/mol. The number of benzene rings is 4. The smallest absolute Gasteiger partial charge is 0.204 e. The summed E-state index contributed by atoms with van der Waals surface area (Å²) in [6.07, 6.45) is 5.67. The van der Waals surface area contributed by atoms with Gasteiger partial charge in [0.25, 0.3) is 0 Å². The summed E-state index contributed by atoms with van der Waals surface area (Å²) in [6.45, 7) is 2.33. The standard InChI is InChI=1S/C41H46N2O6/c1-42-15-13-28-20-30(23-44)36-22-32(28)33(42)17-25-7-10-31(11-8-25)48-37-19-27(9-12-35(37)45-3)18-34-39-29(14-16-43(34)2)21-38(46-4)40(41(39)49-36)47-24-26-5-6-26/h7-12,19-22,26,33-34,44H,5-6,13-18,23-24H2,1-4H3/t33-,34-/m0/s1. The fourth-order valence-electron chi connectivity index (χ4n) is 7.76. The number of fused-ring (bicyclic) bond motifs is 2. The first kappa shape index (κ1) is 32.0. The van der Waals surface area contributed by atoms with E-state index in [4.69, 9.17) is 23.7 Å². The molecule has 49 heavy (non-hydrogen) atoms. The number of aliphatic hydroxyl groups is 1. The van der Waals surface area contributed by atoms with Crippen LogP contribution in [0.2, 0.25) is 0 Å². The van der Waals surface area contributed by atoms with Crippen LogP contribution in [-0.2, 0) is 32.3 Å². The van der Waals surface area contributed by atoms with Gasteiger partial charge in [0.1, 0.15) is 11.5 Å². The van der Waals surface area contributed by atoms with Crippen molar-refractivity contribution < 1.29 is 28.8 Å². The third-order valence-corrected chi connectivity index (χ3v) is 10.9. The van der Waals surface area contributed by atoms with Crippen LogP contribution in [0.25, 0.3) is 0 Å². The minimum atomic E-state index is -0.118. The lowest BCUT2D eigenvalue weighted by molar-refractivity contribution is 0.216. The first-order valence-electron chi connectivity index (χ1n) is 17.6. The van der Waals surface area contributed by atoms with Gasteiger partial charge in [-0.25, -0.2) is 0 Å². The molecule has 1 saturated carbocycles. The highest BCUT2D eigenvalue weighted by molar-refractivity contribution is 5.63. The van der Waals surface area contributed by atoms with Crippen LogP contribution in [0.5, 0.6) is 40.2 Å². The molecule has 0 spiro atoms. The van der Waals surface area contributed by atoms with Crippen molar-refractivity contribution in [1.82, 2.24) is 9.80 Å². The number of methoxy groups -OCH3 is 2. The van der Waals surface area contributed by atoms with Crippen molar-refractivity contribution in [2.75, 3.05) is 48.0 Å². The molecule has 4 aromatic carbocycles. The molecule has 0 aromatic heterocycles. The summed E-state index contributed by atoms with van der Waals surface area (Å²) in [5.41, 5.74) is 7.90. The Morgan fingerprint density at radius 1 is 0.755 bits per heavy atom. The Morgan fingerprint density at radius 3 is 2.20 bits per heavy atom. The molecule has 4 aliphatic heterocycles. The van der Waals surface area contributed by atoms with Gasteiger partial charge in [0.05, 0.1) is 27.4 Å². The zero-order valence-electron chi connectivity index (χ0n) is 29.0. The van der Waals surface area contributed by atoms with Crippen LogP contribution in [0.3, 0.4) is 0 Å². The molecule has 0 radical (unpaired) electrons. The molecule has 9 rings (SSSR count). The lowest BCUT2D eigenvalue weighted by Crippen LogP contribution is -2.34. The molecule has 1 N–H and O–H groups in total. The highest BCUT2D eigenvalue weighted by Gasteiger charge is 2.35. The summed E-state index contributed by atoms with van der Waals surface area (Å²) in [7, 11) is 7.76. The number of hydrogen-bond donors (Lipinski definition) is 1. The molecule has 0 saturated heterocycles. The van der Waals surface area contributed by atoms with Gasteiger partial charge in [0, 0.05) is 36.3 Å². The second kappa shape index (κ2) is 13.2. The average molecular weight is 663 g/mol. The molecule has 8 heteroatoms. The zero-order chi connectivity index (χ0) is 33.6. The van der Waals surface area contributed by atoms with E-state index in [-0.39, 0.29) is 18.7 Å². The first-order valence-corrected chi connectivity index (χ1v) is 17.6. The van der Waals surface area contributed by atoms with Crippen LogP contribution >= 0.6 is 0 Å². The van der Waals surface area contributed by atoms with Crippen LogP contribution in [-0.4, -0.2) is 62.9 Å². The number of rotatable bonds is 6. The van der Waals surface area contributed by atoms with Crippen LogP contribution in [0.15, 0.2) is 60.7 Å². The predicted molar refractivity (Wildman–Crippen MR) is 189 cm³/mol. The highest BCUT2D eigenvalue weighted by atomic mass is 16.5. The van der Waals surface area contributed by atoms with Gasteiger partial charge in [-0.2, -0.15) is 0 Å². The second-order valence-corrected chi connectivity index (χ2v) is 14.1. The Balaban J connectivity index is 1.35. The molecule has 6 bridgehead atoms. The lowest BCUT2D eigenvalue weighted by atomic mass is 9.86. The van der Waals surface area contributed by atoms with Crippen molar-refractivity contribution in [3.05, 3.63) is 99.6 Å². The van der Waals surface area contributed by atoms with E-state index in [9.17, 15) is 5.11 Å². The summed E-state index contributed by atoms with van der Waals surface area (Å²) >= 11 is 0. The number of aliphatic hydroxyl groups excluding tert-OH is 1. The largest absolute Gasteiger partial charge is 0.493 e. The lowest BCUT2D eigenvalue weighted by Gasteiger charge is -2.37. The van der Waals surface area contributed by atoms with Crippen molar-refractivity contribution in [2.24, 2.45) is 5.92 Å². The molecule has 0 unspecified atom stereocenters. The minimum absolute atomic E-state index is 0.0126. The Hall–Kier alpha value is -4.24. The third-order valence-electron chi connectivity index (χ3n) is 10.9. The van der Waals surface area contributed by atoms with E-state index in [0.29, 0.717) is 47.0 Å². The average Bonchev–Trinajstić information content (AvgIpc) is 3.95. The third kappa shape index (κ3) is 6.22. The quantitative estimate of drug-likeness (QED) is 0.229. The van der Waals surface area contributed by atoms with Gasteiger partial charge in [-0.05, 0) is 129 Å². The van der Waals surface area contributed by atoms with Crippen LogP contribution < -0.4 is 23.7 Å². The van der Waals surface area contributed by atoms with E-state index in [1.807, 2.05) is 18.2 Å². The van der Waals surface area contributed by atoms with Gasteiger partial charge in [0.15, 0.2) is 23.0 Å². The Bertz CT molecular complexity index is 1850. The van der Waals surface area contributed by atoms with Crippen molar-refractivity contribution in [1.29, 1.82) is 0 Å². The fraction of sp³-hybridized carbons (Fsp3) is 0.415. The van der Waals surface area contributed by atoms with Gasteiger partial charge in [0.2, 0.25) is 5.75 Å². The minimum Gasteiger partial charge on any atom is -0.493 e. The molecule has 1 fully saturated rings. The molecule has 1 aliphatic carbocycles. The maximum Gasteiger partial charge on any atom is 0.204 e. The zero-order valence-corrected chi connectivity index (χ0v) is 29.0. The van der Waals surface area contributed by atoms with Gasteiger partial charge >= 0.3 is 0 Å². The van der Waals surface area contributed by atoms with Crippen LogP contribution in [0, 0.1) is 5.92 Å². The molecule has 2 atom stereocenters. The summed E-state index contributed by atoms with van der Waals surface area (Å²) < 4.78 is 32.0. The van der Waals surface area contributed by atoms with Crippen molar-refractivity contribution in [3.63, 3.8) is 0 Å². The Morgan fingerprint density at radius 2 is 1.47 bits per heavy atom. The number of ether oxygens (including phenoxy) is 5. The van der Waals surface area contributed by atoms with Crippen molar-refractivity contribution >= 4 is 0 Å². The predicted octanol–water partition coefficient (Wildman–Crippen LogP) is 7.43. The fourth-order valence-corrected chi connectivity index (χ4v) is 7.76. The van der Waals surface area contributed by atoms with E-state index in [2.05, 4.69) is 66.4 Å². The van der Waals surface area contributed by atoms with E-state index in [1.54, 1.807) is 14.2 Å². The molecular weight excluding hydrogens is 616 g/mol. The van der Waals surface area contributed by atoms with Gasteiger partial charge in [-0.15, -0.1) is 0 Å². The molecule has 256 valence electrons. The maximum absolute atomic E-state index is 10.7. The van der Waals surface area contributed by atoms with Crippen LogP contribution in [0.1, 0.15) is 63.9 Å². The van der Waals surface area contributed by atoms with Gasteiger partial charge < -0.3 is 28.8 Å². The van der Waals surface area contributed by atoms with E-state index in [0.717, 1.165) is 61.2 Å². The van der Waals surface area contributed by atoms with Crippen molar-refractivity contribution in [2.45, 2.75) is 57.2 Å². The molecule has 4 heterocycles. The molecule has 8 nitrogen and oxygen atoms in total. The molecule has 4 aromatic rings. The van der Waals surface area contributed by atoms with E-state index < -0.39 is 0 Å². The Kier molecular flexibility index (Phi) is 8.64. The topological polar surface area (TPSA) is 72.9 Å². The summed E-state index contributed by atoms with van der Waals surface area (Å²) in [4.78, 5) is 4.82. The SMILES string of the molecule is COc1ccc2cc1Oc1ccc(cc1)C[C@H]1c3cc(c(CO)cc3CCN1C)Oc1c(OCC3CC3)c(OC)cc3c1[C@H](C2)N(C)CC3. The molecular formula is C41H46N2O6. The summed E-state index contributed by atoms with van der Waals surface area (Å²) in [5.74, 6) is 5.36. The summed E-state index contributed by atoms with van der Waals surface area (Å²) in [6, 6.07) is 21.2. The van der Waals surface area contributed by atoms with Crippen molar-refractivity contribution in [3.8, 4) is 40.2 Å². The van der Waals surface area contributed by atoms with E-state index >= 15 is 0 Å². The van der Waals surface area contributed by atoms with E-state index in [1.165, 1.54) is 35.1 Å². The Labute approximate surface area is 289 Å². The van der Waals surface area contributed by atoms with Gasteiger partial charge in [-0.3, -0.25) is 9.80 Å². The van der Waals surface area contributed by atoms with Gasteiger partial charge in [-0.1, -0.05) is 18.2 Å². The number of nitrogens with zero attached hydrogens (tertiary/aromatic N) is 2. The normalized spacial score (nSPS) is 20.3. The highest BCUT2D eigenvalue weighted by Crippen LogP contribution is 2.52. The maximum atomic E-state index is 10.7.